The smallest absolute Gasteiger partial charge is 0.508 e. The maximum absolute atomic E-state index is 10.3. The molecule has 0 aromatic heterocycles. The molecule has 194 valence electrons. The van der Waals surface area contributed by atoms with E-state index < -0.39 is 7.82 Å². The van der Waals surface area contributed by atoms with E-state index in [9.17, 15) is 4.57 Å². The highest BCUT2D eigenvalue weighted by Gasteiger charge is 2.16. The number of phenols is 2. The average molecular weight is 529 g/mol. The summed E-state index contributed by atoms with van der Waals surface area (Å²) in [4.78, 5) is 16.7. The summed E-state index contributed by atoms with van der Waals surface area (Å²) in [5, 5.41) is 17.3. The Bertz CT molecular complexity index is 1340. The van der Waals surface area contributed by atoms with Crippen LogP contribution >= 0.6 is 7.82 Å². The molecule has 0 atom stereocenters. The van der Waals surface area contributed by atoms with Gasteiger partial charge in [-0.2, -0.15) is 0 Å². The fourth-order valence-electron chi connectivity index (χ4n) is 3.55. The lowest BCUT2D eigenvalue weighted by Crippen LogP contribution is -1.88. The van der Waals surface area contributed by atoms with Crippen molar-refractivity contribution in [3.8, 4) is 28.4 Å². The fourth-order valence-corrected chi connectivity index (χ4v) is 3.95. The lowest BCUT2D eigenvalue weighted by molar-refractivity contribution is 0.283. The molecule has 38 heavy (non-hydrogen) atoms. The van der Waals surface area contributed by atoms with Crippen LogP contribution in [-0.4, -0.2) is 20.0 Å². The zero-order valence-corrected chi connectivity index (χ0v) is 21.4. The third-order valence-corrected chi connectivity index (χ3v) is 5.63. The van der Waals surface area contributed by atoms with Crippen molar-refractivity contribution in [1.82, 2.24) is 0 Å². The second kappa shape index (κ2) is 14.4. The SMILES string of the molecule is O=P(O)(O)Oc1ccccc1.Oc1ccccc1.Oc1ccccc1.c1ccc2c(c1)Cc1ccccc1-2. The third-order valence-electron chi connectivity index (χ3n) is 5.19. The summed E-state index contributed by atoms with van der Waals surface area (Å²) >= 11 is 0. The number of hydrogen-bond acceptors (Lipinski definition) is 4. The number of phosphoric acid groups is 1. The van der Waals surface area contributed by atoms with Crippen LogP contribution in [0.1, 0.15) is 11.1 Å². The predicted octanol–water partition coefficient (Wildman–Crippen LogP) is 7.20. The zero-order chi connectivity index (χ0) is 27.2. The maximum Gasteiger partial charge on any atom is 0.524 e. The minimum atomic E-state index is -4.39. The molecular weight excluding hydrogens is 499 g/mol. The van der Waals surface area contributed by atoms with E-state index in [4.69, 9.17) is 20.0 Å². The molecule has 0 heterocycles. The van der Waals surface area contributed by atoms with E-state index in [0.29, 0.717) is 11.5 Å². The number of fused-ring (bicyclic) bond motifs is 3. The molecule has 6 nitrogen and oxygen atoms in total. The Labute approximate surface area is 222 Å². The summed E-state index contributed by atoms with van der Waals surface area (Å²) in [6.45, 7) is 0. The second-order valence-corrected chi connectivity index (χ2v) is 9.22. The lowest BCUT2D eigenvalue weighted by Gasteiger charge is -2.04. The summed E-state index contributed by atoms with van der Waals surface area (Å²) in [6.07, 6.45) is 1.10. The number of para-hydroxylation sites is 3. The van der Waals surface area contributed by atoms with E-state index in [1.165, 1.54) is 34.4 Å². The first-order valence-corrected chi connectivity index (χ1v) is 13.3. The van der Waals surface area contributed by atoms with Crippen LogP contribution < -0.4 is 4.52 Å². The Balaban J connectivity index is 0.000000146. The first kappa shape index (κ1) is 28.2. The number of hydrogen-bond donors (Lipinski definition) is 4. The van der Waals surface area contributed by atoms with E-state index in [2.05, 4.69) is 53.1 Å². The van der Waals surface area contributed by atoms with Crippen molar-refractivity contribution in [1.29, 1.82) is 0 Å². The van der Waals surface area contributed by atoms with Gasteiger partial charge in [0.05, 0.1) is 0 Å². The number of phenolic OH excluding ortho intramolecular Hbond substituents is 2. The van der Waals surface area contributed by atoms with E-state index in [0.717, 1.165) is 6.42 Å². The monoisotopic (exact) mass is 528 g/mol. The van der Waals surface area contributed by atoms with E-state index in [1.807, 2.05) is 12.1 Å². The van der Waals surface area contributed by atoms with Gasteiger partial charge in [0.15, 0.2) is 0 Å². The summed E-state index contributed by atoms with van der Waals surface area (Å²) in [6, 6.07) is 42.7. The van der Waals surface area contributed by atoms with Crippen LogP contribution in [-0.2, 0) is 11.0 Å². The minimum absolute atomic E-state index is 0.167. The standard InChI is InChI=1S/C13H10.C6H7O4P.2C6H6O/c1-3-7-12-10(5-1)9-11-6-2-4-8-13(11)12;7-11(8,9)10-6-4-2-1-3-5-6;2*7-6-4-2-1-3-5-6/h1-8H,9H2;1-5H,(H2,7,8,9);2*1-5,7H. The molecule has 0 amide bonds. The normalized spacial score (nSPS) is 10.6. The largest absolute Gasteiger partial charge is 0.524 e. The lowest BCUT2D eigenvalue weighted by atomic mass is 10.1. The Morgan fingerprint density at radius 2 is 0.842 bits per heavy atom. The summed E-state index contributed by atoms with van der Waals surface area (Å²) in [7, 11) is -4.39. The Hall–Kier alpha value is -4.35. The highest BCUT2D eigenvalue weighted by molar-refractivity contribution is 7.46. The zero-order valence-electron chi connectivity index (χ0n) is 20.5. The fraction of sp³-hybridized carbons (Fsp3) is 0.0323. The van der Waals surface area contributed by atoms with E-state index in [1.54, 1.807) is 66.7 Å². The average Bonchev–Trinajstić information content (AvgIpc) is 3.29. The van der Waals surface area contributed by atoms with Crippen LogP contribution in [0.15, 0.2) is 140 Å². The maximum atomic E-state index is 10.3. The molecular formula is C31H29O6P. The van der Waals surface area contributed by atoms with Gasteiger partial charge >= 0.3 is 7.82 Å². The van der Waals surface area contributed by atoms with E-state index >= 15 is 0 Å². The van der Waals surface area contributed by atoms with Gasteiger partial charge in [-0.25, -0.2) is 4.57 Å². The molecule has 0 radical (unpaired) electrons. The van der Waals surface area contributed by atoms with Crippen molar-refractivity contribution in [3.05, 3.63) is 151 Å². The molecule has 0 aliphatic heterocycles. The van der Waals surface area contributed by atoms with Crippen molar-refractivity contribution >= 4 is 7.82 Å². The van der Waals surface area contributed by atoms with Gasteiger partial charge in [-0.1, -0.05) is 103 Å². The molecule has 1 aliphatic rings. The summed E-state index contributed by atoms with van der Waals surface area (Å²) < 4.78 is 14.5. The Kier molecular flexibility index (Phi) is 10.7. The molecule has 5 aromatic rings. The van der Waals surface area contributed by atoms with Crippen LogP contribution in [0.4, 0.5) is 0 Å². The highest BCUT2D eigenvalue weighted by Crippen LogP contribution is 2.37. The molecule has 6 rings (SSSR count). The molecule has 0 spiro atoms. The van der Waals surface area contributed by atoms with Gasteiger partial charge in [-0.05, 0) is 65.1 Å². The van der Waals surface area contributed by atoms with Crippen LogP contribution in [0.2, 0.25) is 0 Å². The summed E-state index contributed by atoms with van der Waals surface area (Å²) in [5.41, 5.74) is 5.75. The van der Waals surface area contributed by atoms with Crippen molar-refractivity contribution in [2.45, 2.75) is 6.42 Å². The first-order valence-electron chi connectivity index (χ1n) is 11.8. The topological polar surface area (TPSA) is 107 Å². The Morgan fingerprint density at radius 3 is 1.18 bits per heavy atom. The van der Waals surface area contributed by atoms with Gasteiger partial charge < -0.3 is 14.7 Å². The number of aromatic hydroxyl groups is 2. The van der Waals surface area contributed by atoms with Crippen LogP contribution in [0.5, 0.6) is 17.2 Å². The minimum Gasteiger partial charge on any atom is -0.508 e. The molecule has 1 aliphatic carbocycles. The summed E-state index contributed by atoms with van der Waals surface area (Å²) in [5.74, 6) is 0.811. The predicted molar refractivity (Wildman–Crippen MR) is 150 cm³/mol. The quantitative estimate of drug-likeness (QED) is 0.177. The number of benzene rings is 5. The molecule has 7 heteroatoms. The second-order valence-electron chi connectivity index (χ2n) is 8.06. The van der Waals surface area contributed by atoms with Gasteiger partial charge in [0, 0.05) is 0 Å². The van der Waals surface area contributed by atoms with Gasteiger partial charge in [0.25, 0.3) is 0 Å². The van der Waals surface area contributed by atoms with Gasteiger partial charge in [-0.3, -0.25) is 9.79 Å². The van der Waals surface area contributed by atoms with Crippen molar-refractivity contribution < 1.29 is 29.1 Å². The molecule has 0 bridgehead atoms. The molecule has 0 saturated heterocycles. The van der Waals surface area contributed by atoms with E-state index in [-0.39, 0.29) is 5.75 Å². The molecule has 5 aromatic carbocycles. The van der Waals surface area contributed by atoms with Crippen LogP contribution in [0.25, 0.3) is 11.1 Å². The van der Waals surface area contributed by atoms with Gasteiger partial charge in [0.1, 0.15) is 17.2 Å². The van der Waals surface area contributed by atoms with Gasteiger partial charge in [-0.15, -0.1) is 0 Å². The molecule has 0 unspecified atom stereocenters. The first-order chi connectivity index (χ1) is 18.3. The molecule has 0 fully saturated rings. The van der Waals surface area contributed by atoms with Crippen molar-refractivity contribution in [2.75, 3.05) is 0 Å². The molecule has 4 N–H and O–H groups in total. The van der Waals surface area contributed by atoms with Crippen molar-refractivity contribution in [3.63, 3.8) is 0 Å². The third kappa shape index (κ3) is 9.96. The number of rotatable bonds is 2. The van der Waals surface area contributed by atoms with Crippen LogP contribution in [0.3, 0.4) is 0 Å². The highest BCUT2D eigenvalue weighted by atomic mass is 31.2. The Morgan fingerprint density at radius 1 is 0.500 bits per heavy atom. The van der Waals surface area contributed by atoms with Crippen molar-refractivity contribution in [2.24, 2.45) is 0 Å². The van der Waals surface area contributed by atoms with Crippen LogP contribution in [0, 0.1) is 0 Å². The van der Waals surface area contributed by atoms with Gasteiger partial charge in [0.2, 0.25) is 0 Å². The number of phosphoric ester groups is 1. The molecule has 0 saturated carbocycles.